The average Bonchev–Trinajstić information content (AvgIpc) is 2.42. The van der Waals surface area contributed by atoms with Crippen LogP contribution >= 0.6 is 0 Å². The van der Waals surface area contributed by atoms with Crippen LogP contribution in [-0.2, 0) is 4.74 Å². The second kappa shape index (κ2) is 6.76. The van der Waals surface area contributed by atoms with Gasteiger partial charge in [0.1, 0.15) is 0 Å². The van der Waals surface area contributed by atoms with E-state index >= 15 is 0 Å². The Hall–Kier alpha value is -1.53. The van der Waals surface area contributed by atoms with Crippen molar-refractivity contribution in [2.24, 2.45) is 0 Å². The average molecular weight is 284 g/mol. The summed E-state index contributed by atoms with van der Waals surface area (Å²) < 4.78 is 31.8. The van der Waals surface area contributed by atoms with Gasteiger partial charge < -0.3 is 10.1 Å². The van der Waals surface area contributed by atoms with E-state index in [9.17, 15) is 13.6 Å². The van der Waals surface area contributed by atoms with Gasteiger partial charge in [0.2, 0.25) is 0 Å². The number of benzene rings is 1. The predicted octanol–water partition coefficient (Wildman–Crippen LogP) is 1.42. The third kappa shape index (κ3) is 3.74. The minimum atomic E-state index is -1.11. The molecule has 0 aromatic heterocycles. The summed E-state index contributed by atoms with van der Waals surface area (Å²) in [7, 11) is 0. The molecule has 1 aromatic carbocycles. The van der Waals surface area contributed by atoms with Crippen LogP contribution < -0.4 is 5.32 Å². The summed E-state index contributed by atoms with van der Waals surface area (Å²) in [6, 6.07) is 3.43. The standard InChI is InChI=1S/C14H18F2N2O2/c1-10(9-18-5-7-20-8-6-18)17-14(19)11-3-2-4-12(15)13(11)16/h2-4,10H,5-9H2,1H3,(H,17,19). The number of hydrogen-bond donors (Lipinski definition) is 1. The molecule has 2 rings (SSSR count). The molecule has 6 heteroatoms. The van der Waals surface area contributed by atoms with Crippen molar-refractivity contribution in [3.63, 3.8) is 0 Å². The molecule has 1 aliphatic heterocycles. The number of carbonyl (C=O) groups excluding carboxylic acids is 1. The SMILES string of the molecule is CC(CN1CCOCC1)NC(=O)c1cccc(F)c1F. The number of halogens is 2. The van der Waals surface area contributed by atoms with E-state index in [0.29, 0.717) is 19.8 Å². The van der Waals surface area contributed by atoms with E-state index in [-0.39, 0.29) is 11.6 Å². The summed E-state index contributed by atoms with van der Waals surface area (Å²) in [6.45, 7) is 5.48. The molecule has 110 valence electrons. The van der Waals surface area contributed by atoms with Crippen LogP contribution in [0, 0.1) is 11.6 Å². The molecule has 1 amide bonds. The fourth-order valence-corrected chi connectivity index (χ4v) is 2.20. The molecule has 1 fully saturated rings. The number of nitrogens with zero attached hydrogens (tertiary/aromatic N) is 1. The van der Waals surface area contributed by atoms with Gasteiger partial charge in [-0.15, -0.1) is 0 Å². The summed E-state index contributed by atoms with van der Waals surface area (Å²) in [5, 5.41) is 2.68. The number of hydrogen-bond acceptors (Lipinski definition) is 3. The molecule has 4 nitrogen and oxygen atoms in total. The van der Waals surface area contributed by atoms with Crippen LogP contribution in [0.5, 0.6) is 0 Å². The lowest BCUT2D eigenvalue weighted by atomic mass is 10.1. The predicted molar refractivity (Wildman–Crippen MR) is 70.5 cm³/mol. The molecule has 1 aliphatic rings. The zero-order valence-corrected chi connectivity index (χ0v) is 11.4. The molecular weight excluding hydrogens is 266 g/mol. The summed E-state index contributed by atoms with van der Waals surface area (Å²) in [5.41, 5.74) is -0.265. The summed E-state index contributed by atoms with van der Waals surface area (Å²) in [6.07, 6.45) is 0. The Morgan fingerprint density at radius 2 is 2.10 bits per heavy atom. The fraction of sp³-hybridized carbons (Fsp3) is 0.500. The highest BCUT2D eigenvalue weighted by molar-refractivity contribution is 5.94. The van der Waals surface area contributed by atoms with Gasteiger partial charge >= 0.3 is 0 Å². The highest BCUT2D eigenvalue weighted by Gasteiger charge is 2.19. The van der Waals surface area contributed by atoms with Crippen molar-refractivity contribution in [1.82, 2.24) is 10.2 Å². The number of morpholine rings is 1. The number of amides is 1. The largest absolute Gasteiger partial charge is 0.379 e. The van der Waals surface area contributed by atoms with Crippen molar-refractivity contribution in [2.75, 3.05) is 32.8 Å². The molecule has 1 saturated heterocycles. The number of carbonyl (C=O) groups is 1. The topological polar surface area (TPSA) is 41.6 Å². The van der Waals surface area contributed by atoms with Gasteiger partial charge in [-0.2, -0.15) is 0 Å². The molecule has 0 bridgehead atoms. The first-order chi connectivity index (χ1) is 9.58. The van der Waals surface area contributed by atoms with Gasteiger partial charge in [0.05, 0.1) is 18.8 Å². The Morgan fingerprint density at radius 1 is 1.40 bits per heavy atom. The van der Waals surface area contributed by atoms with Crippen LogP contribution in [-0.4, -0.2) is 49.7 Å². The first kappa shape index (κ1) is 14.9. The highest BCUT2D eigenvalue weighted by Crippen LogP contribution is 2.11. The smallest absolute Gasteiger partial charge is 0.254 e. The Kier molecular flexibility index (Phi) is 5.03. The van der Waals surface area contributed by atoms with E-state index in [4.69, 9.17) is 4.74 Å². The van der Waals surface area contributed by atoms with E-state index in [2.05, 4.69) is 10.2 Å². The minimum absolute atomic E-state index is 0.150. The van der Waals surface area contributed by atoms with Gasteiger partial charge in [-0.25, -0.2) is 8.78 Å². The van der Waals surface area contributed by atoms with Gasteiger partial charge in [0, 0.05) is 25.7 Å². The van der Waals surface area contributed by atoms with Gasteiger partial charge in [-0.05, 0) is 19.1 Å². The maximum atomic E-state index is 13.5. The van der Waals surface area contributed by atoms with E-state index in [0.717, 1.165) is 19.2 Å². The molecule has 0 aliphatic carbocycles. The Morgan fingerprint density at radius 3 is 2.80 bits per heavy atom. The van der Waals surface area contributed by atoms with Crippen molar-refractivity contribution in [2.45, 2.75) is 13.0 Å². The van der Waals surface area contributed by atoms with Gasteiger partial charge in [-0.3, -0.25) is 9.69 Å². The molecule has 20 heavy (non-hydrogen) atoms. The Labute approximate surface area is 116 Å². The van der Waals surface area contributed by atoms with Crippen molar-refractivity contribution in [3.05, 3.63) is 35.4 Å². The maximum absolute atomic E-state index is 13.5. The maximum Gasteiger partial charge on any atom is 0.254 e. The van der Waals surface area contributed by atoms with Crippen molar-refractivity contribution < 1.29 is 18.3 Å². The molecule has 0 saturated carbocycles. The quantitative estimate of drug-likeness (QED) is 0.909. The third-order valence-corrected chi connectivity index (χ3v) is 3.21. The molecule has 1 aromatic rings. The number of ether oxygens (including phenoxy) is 1. The normalized spacial score (nSPS) is 17.8. The Balaban J connectivity index is 1.91. The van der Waals surface area contributed by atoms with Crippen molar-refractivity contribution in [3.8, 4) is 0 Å². The lowest BCUT2D eigenvalue weighted by molar-refractivity contribution is 0.0342. The van der Waals surface area contributed by atoms with Crippen LogP contribution in [0.4, 0.5) is 8.78 Å². The Bertz CT molecular complexity index is 476. The monoisotopic (exact) mass is 284 g/mol. The first-order valence-corrected chi connectivity index (χ1v) is 6.63. The van der Waals surface area contributed by atoms with Crippen LogP contribution in [0.25, 0.3) is 0 Å². The number of nitrogens with one attached hydrogen (secondary N) is 1. The zero-order chi connectivity index (χ0) is 14.5. The van der Waals surface area contributed by atoms with E-state index in [1.165, 1.54) is 12.1 Å². The molecule has 0 radical (unpaired) electrons. The van der Waals surface area contributed by atoms with Crippen molar-refractivity contribution >= 4 is 5.91 Å². The van der Waals surface area contributed by atoms with Crippen LogP contribution in [0.1, 0.15) is 17.3 Å². The van der Waals surface area contributed by atoms with E-state index in [1.807, 2.05) is 6.92 Å². The highest BCUT2D eigenvalue weighted by atomic mass is 19.2. The lowest BCUT2D eigenvalue weighted by Crippen LogP contribution is -2.46. The summed E-state index contributed by atoms with van der Waals surface area (Å²) in [5.74, 6) is -2.72. The second-order valence-electron chi connectivity index (χ2n) is 4.89. The first-order valence-electron chi connectivity index (χ1n) is 6.63. The minimum Gasteiger partial charge on any atom is -0.379 e. The fourth-order valence-electron chi connectivity index (χ4n) is 2.20. The summed E-state index contributed by atoms with van der Waals surface area (Å²) >= 11 is 0. The lowest BCUT2D eigenvalue weighted by Gasteiger charge is -2.29. The molecular formula is C14H18F2N2O2. The molecule has 1 atom stereocenters. The van der Waals surface area contributed by atoms with Gasteiger partial charge in [-0.1, -0.05) is 6.07 Å². The third-order valence-electron chi connectivity index (χ3n) is 3.21. The van der Waals surface area contributed by atoms with Gasteiger partial charge in [0.25, 0.3) is 5.91 Å². The van der Waals surface area contributed by atoms with Crippen LogP contribution in [0.2, 0.25) is 0 Å². The van der Waals surface area contributed by atoms with E-state index in [1.54, 1.807) is 0 Å². The molecule has 1 heterocycles. The van der Waals surface area contributed by atoms with Crippen molar-refractivity contribution in [1.29, 1.82) is 0 Å². The number of rotatable bonds is 4. The van der Waals surface area contributed by atoms with E-state index < -0.39 is 17.5 Å². The van der Waals surface area contributed by atoms with Crippen LogP contribution in [0.15, 0.2) is 18.2 Å². The molecule has 1 N–H and O–H groups in total. The van der Waals surface area contributed by atoms with Crippen LogP contribution in [0.3, 0.4) is 0 Å². The second-order valence-corrected chi connectivity index (χ2v) is 4.89. The molecule has 1 unspecified atom stereocenters. The zero-order valence-electron chi connectivity index (χ0n) is 11.4. The summed E-state index contributed by atoms with van der Waals surface area (Å²) in [4.78, 5) is 14.1. The van der Waals surface area contributed by atoms with Gasteiger partial charge in [0.15, 0.2) is 11.6 Å². The molecule has 0 spiro atoms.